The van der Waals surface area contributed by atoms with Crippen molar-refractivity contribution in [1.29, 1.82) is 0 Å². The van der Waals surface area contributed by atoms with Crippen LogP contribution in [-0.2, 0) is 5.41 Å². The Bertz CT molecular complexity index is 2890. The molecule has 10 aromatic rings. The lowest BCUT2D eigenvalue weighted by molar-refractivity contribution is 0.750. The van der Waals surface area contributed by atoms with Crippen LogP contribution in [0.25, 0.3) is 71.3 Å². The molecule has 0 N–H and O–H groups in total. The van der Waals surface area contributed by atoms with Crippen LogP contribution in [0.5, 0.6) is 0 Å². The predicted octanol–water partition coefficient (Wildman–Crippen LogP) is 13.1. The zero-order valence-corrected chi connectivity index (χ0v) is 28.5. The largest absolute Gasteiger partial charge is 0.309 e. The Balaban J connectivity index is 1.23. The molecule has 0 spiro atoms. The molecule has 9 aromatic carbocycles. The molecule has 1 aromatic heterocycles. The van der Waals surface area contributed by atoms with Crippen LogP contribution in [-0.4, -0.2) is 4.57 Å². The fraction of sp³-hybridized carbons (Fsp3) is 0.0196. The molecule has 0 fully saturated rings. The van der Waals surface area contributed by atoms with E-state index in [4.69, 9.17) is 0 Å². The Morgan fingerprint density at radius 3 is 1.44 bits per heavy atom. The highest BCUT2D eigenvalue weighted by atomic mass is 15.0. The lowest BCUT2D eigenvalue weighted by atomic mass is 9.59. The van der Waals surface area contributed by atoms with Gasteiger partial charge in [-0.1, -0.05) is 176 Å². The molecule has 52 heavy (non-hydrogen) atoms. The SMILES string of the molecule is c1ccc(C2(c3ccccc3)c3ccccc3-c3c4ccccc4c(-c4ccc(-n5c6ccccc6c6ccccc65)cc4)c4cccc2c34)cc1. The maximum absolute atomic E-state index is 2.40. The summed E-state index contributed by atoms with van der Waals surface area (Å²) in [5, 5.41) is 7.71. The van der Waals surface area contributed by atoms with E-state index >= 15 is 0 Å². The number of benzene rings is 9. The molecule has 0 unspecified atom stereocenters. The second kappa shape index (κ2) is 11.2. The first-order chi connectivity index (χ1) is 25.8. The number of hydrogen-bond acceptors (Lipinski definition) is 0. The van der Waals surface area contributed by atoms with Gasteiger partial charge in [-0.15, -0.1) is 0 Å². The van der Waals surface area contributed by atoms with Crippen molar-refractivity contribution in [1.82, 2.24) is 4.57 Å². The van der Waals surface area contributed by atoms with E-state index in [0.29, 0.717) is 0 Å². The number of aromatic nitrogens is 1. The number of para-hydroxylation sites is 2. The molecule has 1 heterocycles. The molecule has 1 aliphatic rings. The van der Waals surface area contributed by atoms with Crippen LogP contribution < -0.4 is 0 Å². The van der Waals surface area contributed by atoms with Gasteiger partial charge >= 0.3 is 0 Å². The highest BCUT2D eigenvalue weighted by Gasteiger charge is 2.44. The Kier molecular flexibility index (Phi) is 6.23. The summed E-state index contributed by atoms with van der Waals surface area (Å²) in [5.41, 5.74) is 13.4. The van der Waals surface area contributed by atoms with E-state index in [1.165, 1.54) is 87.9 Å². The molecule has 1 heteroatoms. The third-order valence-corrected chi connectivity index (χ3v) is 11.5. The van der Waals surface area contributed by atoms with Gasteiger partial charge in [-0.05, 0) is 90.3 Å². The zero-order chi connectivity index (χ0) is 34.2. The van der Waals surface area contributed by atoms with Gasteiger partial charge in [0.25, 0.3) is 0 Å². The Morgan fingerprint density at radius 1 is 0.327 bits per heavy atom. The van der Waals surface area contributed by atoms with E-state index in [2.05, 4.69) is 205 Å². The van der Waals surface area contributed by atoms with Crippen molar-refractivity contribution in [2.75, 3.05) is 0 Å². The minimum Gasteiger partial charge on any atom is -0.309 e. The van der Waals surface area contributed by atoms with Crippen molar-refractivity contribution >= 4 is 43.4 Å². The van der Waals surface area contributed by atoms with Gasteiger partial charge in [0.15, 0.2) is 0 Å². The fourth-order valence-corrected chi connectivity index (χ4v) is 9.45. The van der Waals surface area contributed by atoms with Crippen LogP contribution in [0, 0.1) is 0 Å². The van der Waals surface area contributed by atoms with Crippen molar-refractivity contribution in [2.45, 2.75) is 5.41 Å². The summed E-state index contributed by atoms with van der Waals surface area (Å²) in [6.07, 6.45) is 0. The summed E-state index contributed by atoms with van der Waals surface area (Å²) in [6.45, 7) is 0. The van der Waals surface area contributed by atoms with Crippen molar-refractivity contribution in [2.24, 2.45) is 0 Å². The average molecular weight is 660 g/mol. The summed E-state index contributed by atoms with van der Waals surface area (Å²) in [7, 11) is 0. The molecule has 0 radical (unpaired) electrons. The Hall–Kier alpha value is -6.70. The van der Waals surface area contributed by atoms with Crippen molar-refractivity contribution in [3.8, 4) is 27.9 Å². The summed E-state index contributed by atoms with van der Waals surface area (Å²) in [6, 6.07) is 74.1. The summed E-state index contributed by atoms with van der Waals surface area (Å²) >= 11 is 0. The number of hydrogen-bond donors (Lipinski definition) is 0. The Morgan fingerprint density at radius 2 is 0.808 bits per heavy atom. The second-order valence-electron chi connectivity index (χ2n) is 14.0. The van der Waals surface area contributed by atoms with E-state index in [0.717, 1.165) is 5.69 Å². The molecular weight excluding hydrogens is 627 g/mol. The standard InChI is InChI=1S/C51H33N/c1-3-16-35(17-4-1)51(36-18-5-2-6-19-36)44-26-12-9-24-42(44)49-41-23-8-7-22-40(41)48(43-25-15-27-45(51)50(43)49)34-30-32-37(33-31-34)52-46-28-13-10-20-38(46)39-21-11-14-29-47(39)52/h1-33H. The highest BCUT2D eigenvalue weighted by Crippen LogP contribution is 2.58. The highest BCUT2D eigenvalue weighted by molar-refractivity contribution is 6.24. The third-order valence-electron chi connectivity index (χ3n) is 11.5. The van der Waals surface area contributed by atoms with Crippen molar-refractivity contribution < 1.29 is 0 Å². The number of fused-ring (bicyclic) bond motifs is 7. The minimum absolute atomic E-state index is 0.494. The topological polar surface area (TPSA) is 4.93 Å². The molecule has 0 saturated heterocycles. The zero-order valence-electron chi connectivity index (χ0n) is 28.5. The summed E-state index contributed by atoms with van der Waals surface area (Å²) in [5.74, 6) is 0. The fourth-order valence-electron chi connectivity index (χ4n) is 9.45. The molecule has 1 aliphatic carbocycles. The van der Waals surface area contributed by atoms with Crippen LogP contribution in [0.15, 0.2) is 200 Å². The molecule has 1 nitrogen and oxygen atoms in total. The smallest absolute Gasteiger partial charge is 0.0713 e. The predicted molar refractivity (Wildman–Crippen MR) is 219 cm³/mol. The van der Waals surface area contributed by atoms with Crippen LogP contribution in [0.3, 0.4) is 0 Å². The van der Waals surface area contributed by atoms with Crippen LogP contribution in [0.2, 0.25) is 0 Å². The van der Waals surface area contributed by atoms with Gasteiger partial charge in [-0.2, -0.15) is 0 Å². The number of rotatable bonds is 4. The van der Waals surface area contributed by atoms with Gasteiger partial charge < -0.3 is 4.57 Å². The molecule has 0 atom stereocenters. The van der Waals surface area contributed by atoms with Gasteiger partial charge in [0.2, 0.25) is 0 Å². The monoisotopic (exact) mass is 659 g/mol. The maximum Gasteiger partial charge on any atom is 0.0713 e. The molecule has 0 aliphatic heterocycles. The van der Waals surface area contributed by atoms with E-state index in [1.54, 1.807) is 0 Å². The molecule has 242 valence electrons. The van der Waals surface area contributed by atoms with Crippen LogP contribution in [0.1, 0.15) is 22.3 Å². The van der Waals surface area contributed by atoms with Gasteiger partial charge in [-0.3, -0.25) is 0 Å². The van der Waals surface area contributed by atoms with Crippen molar-refractivity contribution in [3.05, 3.63) is 222 Å². The molecule has 0 bridgehead atoms. The molecule has 0 saturated carbocycles. The van der Waals surface area contributed by atoms with Gasteiger partial charge in [0.1, 0.15) is 0 Å². The number of nitrogens with zero attached hydrogens (tertiary/aromatic N) is 1. The second-order valence-corrected chi connectivity index (χ2v) is 14.0. The minimum atomic E-state index is -0.494. The maximum atomic E-state index is 2.40. The van der Waals surface area contributed by atoms with Crippen LogP contribution >= 0.6 is 0 Å². The van der Waals surface area contributed by atoms with Gasteiger partial charge in [0, 0.05) is 16.5 Å². The molecule has 0 amide bonds. The van der Waals surface area contributed by atoms with Gasteiger partial charge in [-0.25, -0.2) is 0 Å². The molecular formula is C51H33N. The summed E-state index contributed by atoms with van der Waals surface area (Å²) < 4.78 is 2.40. The van der Waals surface area contributed by atoms with E-state index < -0.39 is 5.41 Å². The lowest BCUT2D eigenvalue weighted by Gasteiger charge is -2.42. The average Bonchev–Trinajstić information content (AvgIpc) is 3.56. The van der Waals surface area contributed by atoms with Gasteiger partial charge in [0.05, 0.1) is 16.4 Å². The normalized spacial score (nSPS) is 13.2. The van der Waals surface area contributed by atoms with E-state index in [-0.39, 0.29) is 0 Å². The molecule has 11 rings (SSSR count). The summed E-state index contributed by atoms with van der Waals surface area (Å²) in [4.78, 5) is 0. The first-order valence-corrected chi connectivity index (χ1v) is 18.1. The first-order valence-electron chi connectivity index (χ1n) is 18.1. The quantitative estimate of drug-likeness (QED) is 0.166. The van der Waals surface area contributed by atoms with Crippen LogP contribution in [0.4, 0.5) is 0 Å². The van der Waals surface area contributed by atoms with Crippen molar-refractivity contribution in [3.63, 3.8) is 0 Å². The first kappa shape index (κ1) is 29.1. The lowest BCUT2D eigenvalue weighted by Crippen LogP contribution is -2.33. The third kappa shape index (κ3) is 3.88. The van der Waals surface area contributed by atoms with E-state index in [9.17, 15) is 0 Å². The van der Waals surface area contributed by atoms with E-state index in [1.807, 2.05) is 0 Å². The Labute approximate surface area is 302 Å².